The third kappa shape index (κ3) is 3.26. The largest absolute Gasteiger partial charge is 0.508 e. The number of rotatable bonds is 4. The van der Waals surface area contributed by atoms with Crippen molar-refractivity contribution in [2.75, 3.05) is 4.31 Å². The molecule has 0 saturated carbocycles. The zero-order valence-electron chi connectivity index (χ0n) is 17.6. The summed E-state index contributed by atoms with van der Waals surface area (Å²) in [5.74, 6) is 0.0351. The van der Waals surface area contributed by atoms with Crippen molar-refractivity contribution in [1.82, 2.24) is 0 Å². The topological polar surface area (TPSA) is 57.6 Å². The van der Waals surface area contributed by atoms with E-state index in [9.17, 15) is 13.5 Å². The Morgan fingerprint density at radius 1 is 0.781 bits per heavy atom. The normalized spacial score (nSPS) is 15.2. The maximum Gasteiger partial charge on any atom is 0.264 e. The molecule has 0 spiro atoms. The SMILES string of the molecule is CCC1c2ccccc2-c2cc(-c3ccccc3)ccc2N1S(=O)(=O)c1ccc(O)cc1. The molecule has 1 aliphatic rings. The van der Waals surface area contributed by atoms with Gasteiger partial charge in [-0.3, -0.25) is 4.31 Å². The number of aromatic hydroxyl groups is 1. The smallest absolute Gasteiger partial charge is 0.264 e. The predicted molar refractivity (Wildman–Crippen MR) is 128 cm³/mol. The number of fused-ring (bicyclic) bond motifs is 3. The highest BCUT2D eigenvalue weighted by molar-refractivity contribution is 7.92. The fraction of sp³-hybridized carbons (Fsp3) is 0.111. The Morgan fingerprint density at radius 2 is 1.47 bits per heavy atom. The number of hydrogen-bond donors (Lipinski definition) is 1. The van der Waals surface area contributed by atoms with E-state index in [1.807, 2.05) is 55.5 Å². The van der Waals surface area contributed by atoms with Gasteiger partial charge in [0.05, 0.1) is 16.6 Å². The molecule has 5 rings (SSSR count). The number of nitrogens with zero attached hydrogens (tertiary/aromatic N) is 1. The lowest BCUT2D eigenvalue weighted by Crippen LogP contribution is -2.37. The zero-order chi connectivity index (χ0) is 22.3. The molecule has 1 N–H and O–H groups in total. The second-order valence-electron chi connectivity index (χ2n) is 7.90. The Bertz CT molecular complexity index is 1380. The Kier molecular flexibility index (Phi) is 4.98. The highest BCUT2D eigenvalue weighted by Gasteiger charge is 2.38. The first-order valence-corrected chi connectivity index (χ1v) is 12.1. The van der Waals surface area contributed by atoms with Crippen molar-refractivity contribution in [3.05, 3.63) is 103 Å². The van der Waals surface area contributed by atoms with E-state index in [0.29, 0.717) is 12.1 Å². The van der Waals surface area contributed by atoms with Crippen LogP contribution >= 0.6 is 0 Å². The van der Waals surface area contributed by atoms with Gasteiger partial charge in [-0.05, 0) is 65.1 Å². The van der Waals surface area contributed by atoms with Crippen molar-refractivity contribution in [3.8, 4) is 28.0 Å². The van der Waals surface area contributed by atoms with Crippen LogP contribution in [0.5, 0.6) is 5.75 Å². The highest BCUT2D eigenvalue weighted by atomic mass is 32.2. The summed E-state index contributed by atoms with van der Waals surface area (Å²) in [6.45, 7) is 2.00. The van der Waals surface area contributed by atoms with E-state index in [1.54, 1.807) is 4.31 Å². The molecule has 4 aromatic rings. The summed E-state index contributed by atoms with van der Waals surface area (Å²) in [4.78, 5) is 0.159. The van der Waals surface area contributed by atoms with E-state index in [-0.39, 0.29) is 16.7 Å². The number of anilines is 1. The van der Waals surface area contributed by atoms with Crippen molar-refractivity contribution < 1.29 is 13.5 Å². The van der Waals surface area contributed by atoms with E-state index in [4.69, 9.17) is 0 Å². The minimum Gasteiger partial charge on any atom is -0.508 e. The van der Waals surface area contributed by atoms with Crippen molar-refractivity contribution >= 4 is 15.7 Å². The number of sulfonamides is 1. The molecule has 160 valence electrons. The number of benzene rings is 4. The molecule has 1 heterocycles. The second kappa shape index (κ2) is 7.84. The monoisotopic (exact) mass is 441 g/mol. The van der Waals surface area contributed by atoms with Gasteiger partial charge in [0.2, 0.25) is 0 Å². The molecule has 1 aliphatic heterocycles. The zero-order valence-corrected chi connectivity index (χ0v) is 18.5. The van der Waals surface area contributed by atoms with E-state index in [1.165, 1.54) is 24.3 Å². The summed E-state index contributed by atoms with van der Waals surface area (Å²) >= 11 is 0. The van der Waals surface area contributed by atoms with Crippen LogP contribution in [0.2, 0.25) is 0 Å². The maximum absolute atomic E-state index is 13.8. The van der Waals surface area contributed by atoms with Gasteiger partial charge >= 0.3 is 0 Å². The molecule has 0 radical (unpaired) electrons. The number of phenolic OH excluding ortho intramolecular Hbond substituents is 1. The average Bonchev–Trinajstić information content (AvgIpc) is 2.83. The van der Waals surface area contributed by atoms with Gasteiger partial charge in [-0.15, -0.1) is 0 Å². The molecule has 4 nitrogen and oxygen atoms in total. The summed E-state index contributed by atoms with van der Waals surface area (Å²) in [6, 6.07) is 29.5. The number of phenols is 1. The van der Waals surface area contributed by atoms with Gasteiger partial charge in [0.15, 0.2) is 0 Å². The van der Waals surface area contributed by atoms with Crippen LogP contribution in [0.15, 0.2) is 102 Å². The Balaban J connectivity index is 1.75. The molecule has 4 aromatic carbocycles. The Hall–Kier alpha value is -3.57. The first-order chi connectivity index (χ1) is 15.5. The van der Waals surface area contributed by atoms with Crippen molar-refractivity contribution in [3.63, 3.8) is 0 Å². The Morgan fingerprint density at radius 3 is 2.19 bits per heavy atom. The van der Waals surface area contributed by atoms with Crippen LogP contribution < -0.4 is 4.31 Å². The molecule has 0 aliphatic carbocycles. The predicted octanol–water partition coefficient (Wildman–Crippen LogP) is 6.39. The molecule has 0 bridgehead atoms. The van der Waals surface area contributed by atoms with Gasteiger partial charge in [-0.1, -0.05) is 67.6 Å². The molecule has 1 unspecified atom stereocenters. The summed E-state index contributed by atoms with van der Waals surface area (Å²) in [7, 11) is -3.85. The summed E-state index contributed by atoms with van der Waals surface area (Å²) < 4.78 is 29.2. The maximum atomic E-state index is 13.8. The first kappa shape index (κ1) is 20.3. The van der Waals surface area contributed by atoms with Gasteiger partial charge in [-0.2, -0.15) is 0 Å². The van der Waals surface area contributed by atoms with E-state index in [2.05, 4.69) is 24.3 Å². The lowest BCUT2D eigenvalue weighted by molar-refractivity contribution is 0.474. The second-order valence-corrected chi connectivity index (χ2v) is 9.72. The van der Waals surface area contributed by atoms with Crippen LogP contribution in [-0.2, 0) is 10.0 Å². The van der Waals surface area contributed by atoms with E-state index in [0.717, 1.165) is 27.8 Å². The van der Waals surface area contributed by atoms with Crippen LogP contribution in [-0.4, -0.2) is 13.5 Å². The van der Waals surface area contributed by atoms with Gasteiger partial charge in [0, 0.05) is 5.56 Å². The van der Waals surface area contributed by atoms with E-state index < -0.39 is 10.0 Å². The number of hydrogen-bond acceptors (Lipinski definition) is 3. The molecule has 0 aromatic heterocycles. The molecular weight excluding hydrogens is 418 g/mol. The van der Waals surface area contributed by atoms with Crippen LogP contribution in [0.1, 0.15) is 24.9 Å². The minimum absolute atomic E-state index is 0.0351. The molecule has 0 amide bonds. The van der Waals surface area contributed by atoms with Gasteiger partial charge in [0.1, 0.15) is 5.75 Å². The van der Waals surface area contributed by atoms with Crippen molar-refractivity contribution in [1.29, 1.82) is 0 Å². The quantitative estimate of drug-likeness (QED) is 0.399. The van der Waals surface area contributed by atoms with Gasteiger partial charge in [-0.25, -0.2) is 8.42 Å². The highest BCUT2D eigenvalue weighted by Crippen LogP contribution is 2.49. The summed E-state index contributed by atoms with van der Waals surface area (Å²) in [6.07, 6.45) is 0.633. The average molecular weight is 442 g/mol. The third-order valence-electron chi connectivity index (χ3n) is 6.01. The van der Waals surface area contributed by atoms with Crippen LogP contribution in [0.4, 0.5) is 5.69 Å². The third-order valence-corrected chi connectivity index (χ3v) is 7.85. The summed E-state index contributed by atoms with van der Waals surface area (Å²) in [5.41, 5.74) is 5.74. The Labute approximate surface area is 188 Å². The fourth-order valence-electron chi connectivity index (χ4n) is 4.50. The lowest BCUT2D eigenvalue weighted by Gasteiger charge is -2.39. The minimum atomic E-state index is -3.85. The summed E-state index contributed by atoms with van der Waals surface area (Å²) in [5, 5.41) is 9.65. The molecule has 32 heavy (non-hydrogen) atoms. The fourth-order valence-corrected chi connectivity index (χ4v) is 6.22. The lowest BCUT2D eigenvalue weighted by atomic mass is 9.87. The molecular formula is C27H23NO3S. The van der Waals surface area contributed by atoms with Crippen molar-refractivity contribution in [2.45, 2.75) is 24.3 Å². The molecule has 0 saturated heterocycles. The molecule has 0 fully saturated rings. The molecule has 1 atom stereocenters. The first-order valence-electron chi connectivity index (χ1n) is 10.6. The van der Waals surface area contributed by atoms with Crippen LogP contribution in [0, 0.1) is 0 Å². The van der Waals surface area contributed by atoms with Gasteiger partial charge in [0.25, 0.3) is 10.0 Å². The van der Waals surface area contributed by atoms with E-state index >= 15 is 0 Å². The van der Waals surface area contributed by atoms with Crippen molar-refractivity contribution in [2.24, 2.45) is 0 Å². The standard InChI is InChI=1S/C27H23NO3S/c1-2-26-24-11-7-6-10-23(24)25-18-20(19-8-4-3-5-9-19)12-17-27(25)28(26)32(30,31)22-15-13-21(29)14-16-22/h3-18,26,29H,2H2,1H3. The van der Waals surface area contributed by atoms with Crippen LogP contribution in [0.3, 0.4) is 0 Å². The van der Waals surface area contributed by atoms with Crippen LogP contribution in [0.25, 0.3) is 22.3 Å². The van der Waals surface area contributed by atoms with Gasteiger partial charge < -0.3 is 5.11 Å². The molecule has 5 heteroatoms.